The molecule has 180 valence electrons. The van der Waals surface area contributed by atoms with Gasteiger partial charge in [0.05, 0.1) is 24.1 Å². The Hall–Kier alpha value is -3.20. The van der Waals surface area contributed by atoms with Crippen molar-refractivity contribution in [3.05, 3.63) is 53.3 Å². The van der Waals surface area contributed by atoms with Crippen molar-refractivity contribution in [2.45, 2.75) is 39.0 Å². The summed E-state index contributed by atoms with van der Waals surface area (Å²) in [4.78, 5) is 25.1. The average Bonchev–Trinajstić information content (AvgIpc) is 3.56. The first kappa shape index (κ1) is 23.9. The predicted molar refractivity (Wildman–Crippen MR) is 127 cm³/mol. The SMILES string of the molecule is CCOC(=O)CN(c1cc2oc(-c3ccc(F)cc3)c(C(=O)CC)c2cc1C1CC1)S(C)(=O)=O. The Kier molecular flexibility index (Phi) is 6.49. The van der Waals surface area contributed by atoms with Crippen molar-refractivity contribution < 1.29 is 31.6 Å². The molecule has 34 heavy (non-hydrogen) atoms. The van der Waals surface area contributed by atoms with Gasteiger partial charge in [-0.05, 0) is 61.6 Å². The van der Waals surface area contributed by atoms with Crippen LogP contribution < -0.4 is 4.31 Å². The molecule has 7 nitrogen and oxygen atoms in total. The molecule has 1 heterocycles. The number of rotatable bonds is 9. The summed E-state index contributed by atoms with van der Waals surface area (Å²) in [6, 6.07) is 9.01. The highest BCUT2D eigenvalue weighted by Gasteiger charge is 2.34. The van der Waals surface area contributed by atoms with Gasteiger partial charge in [0.2, 0.25) is 10.0 Å². The molecule has 0 atom stereocenters. The van der Waals surface area contributed by atoms with E-state index in [2.05, 4.69) is 0 Å². The van der Waals surface area contributed by atoms with Crippen LogP contribution in [0.3, 0.4) is 0 Å². The van der Waals surface area contributed by atoms with Crippen LogP contribution in [-0.4, -0.2) is 39.6 Å². The molecule has 2 aromatic carbocycles. The van der Waals surface area contributed by atoms with Crippen LogP contribution in [0, 0.1) is 5.82 Å². The van der Waals surface area contributed by atoms with E-state index in [1.807, 2.05) is 0 Å². The number of esters is 1. The highest BCUT2D eigenvalue weighted by atomic mass is 32.2. The molecule has 0 unspecified atom stereocenters. The number of carbonyl (C=O) groups is 2. The zero-order chi connectivity index (χ0) is 24.6. The van der Waals surface area contributed by atoms with E-state index in [1.165, 1.54) is 24.3 Å². The van der Waals surface area contributed by atoms with Crippen LogP contribution in [0.15, 0.2) is 40.8 Å². The lowest BCUT2D eigenvalue weighted by Gasteiger charge is -2.24. The Morgan fingerprint density at radius 2 is 1.82 bits per heavy atom. The third-order valence-electron chi connectivity index (χ3n) is 5.81. The molecule has 1 aliphatic rings. The highest BCUT2D eigenvalue weighted by molar-refractivity contribution is 7.92. The smallest absolute Gasteiger partial charge is 0.326 e. The number of anilines is 1. The minimum absolute atomic E-state index is 0.111. The van der Waals surface area contributed by atoms with Crippen molar-refractivity contribution in [1.29, 1.82) is 0 Å². The molecule has 9 heteroatoms. The minimum Gasteiger partial charge on any atom is -0.465 e. The van der Waals surface area contributed by atoms with Gasteiger partial charge in [-0.25, -0.2) is 12.8 Å². The van der Waals surface area contributed by atoms with Crippen LogP contribution in [0.1, 0.15) is 54.9 Å². The largest absolute Gasteiger partial charge is 0.465 e. The van der Waals surface area contributed by atoms with E-state index >= 15 is 0 Å². The van der Waals surface area contributed by atoms with Gasteiger partial charge >= 0.3 is 5.97 Å². The van der Waals surface area contributed by atoms with Gasteiger partial charge in [-0.15, -0.1) is 0 Å². The number of furan rings is 1. The molecule has 0 radical (unpaired) electrons. The number of ether oxygens (including phenoxy) is 1. The van der Waals surface area contributed by atoms with Gasteiger partial charge < -0.3 is 9.15 Å². The van der Waals surface area contributed by atoms with Gasteiger partial charge in [0.1, 0.15) is 23.7 Å². The molecule has 1 saturated carbocycles. The van der Waals surface area contributed by atoms with E-state index in [1.54, 1.807) is 26.0 Å². The second-order valence-corrected chi connectivity index (χ2v) is 10.3. The van der Waals surface area contributed by atoms with Crippen molar-refractivity contribution in [3.8, 4) is 11.3 Å². The highest BCUT2D eigenvalue weighted by Crippen LogP contribution is 2.48. The topological polar surface area (TPSA) is 93.9 Å². The van der Waals surface area contributed by atoms with Gasteiger partial charge in [-0.1, -0.05) is 6.92 Å². The summed E-state index contributed by atoms with van der Waals surface area (Å²) < 4.78 is 50.9. The number of benzene rings is 2. The summed E-state index contributed by atoms with van der Waals surface area (Å²) in [6.07, 6.45) is 3.01. The van der Waals surface area contributed by atoms with Crippen LogP contribution in [0.5, 0.6) is 0 Å². The Morgan fingerprint density at radius 3 is 2.38 bits per heavy atom. The van der Waals surface area contributed by atoms with E-state index in [4.69, 9.17) is 9.15 Å². The molecular weight excluding hydrogens is 461 g/mol. The second-order valence-electron chi connectivity index (χ2n) is 8.35. The Labute approximate surface area is 197 Å². The van der Waals surface area contributed by atoms with Gasteiger partial charge in [0.25, 0.3) is 0 Å². The first-order chi connectivity index (χ1) is 16.1. The molecule has 0 spiro atoms. The fourth-order valence-corrected chi connectivity index (χ4v) is 4.90. The predicted octanol–water partition coefficient (Wildman–Crippen LogP) is 5.04. The van der Waals surface area contributed by atoms with Crippen LogP contribution in [0.25, 0.3) is 22.3 Å². The molecule has 0 saturated heterocycles. The van der Waals surface area contributed by atoms with Crippen molar-refractivity contribution in [2.75, 3.05) is 23.7 Å². The summed E-state index contributed by atoms with van der Waals surface area (Å²) in [6.45, 7) is 3.06. The summed E-state index contributed by atoms with van der Waals surface area (Å²) in [5, 5.41) is 0.571. The quantitative estimate of drug-likeness (QED) is 0.310. The monoisotopic (exact) mass is 487 g/mol. The van der Waals surface area contributed by atoms with Crippen molar-refractivity contribution in [2.24, 2.45) is 0 Å². The Balaban J connectivity index is 1.95. The third-order valence-corrected chi connectivity index (χ3v) is 6.93. The summed E-state index contributed by atoms with van der Waals surface area (Å²) in [7, 11) is -3.83. The van der Waals surface area contributed by atoms with Gasteiger partial charge in [-0.3, -0.25) is 13.9 Å². The summed E-state index contributed by atoms with van der Waals surface area (Å²) in [5.41, 5.74) is 2.30. The number of nitrogens with zero attached hydrogens (tertiary/aromatic N) is 1. The molecule has 0 bridgehead atoms. The van der Waals surface area contributed by atoms with E-state index < -0.39 is 28.4 Å². The molecule has 1 aliphatic carbocycles. The lowest BCUT2D eigenvalue weighted by Crippen LogP contribution is -2.36. The van der Waals surface area contributed by atoms with E-state index in [9.17, 15) is 22.4 Å². The van der Waals surface area contributed by atoms with E-state index in [0.29, 0.717) is 33.5 Å². The van der Waals surface area contributed by atoms with Crippen molar-refractivity contribution in [3.63, 3.8) is 0 Å². The number of Topliss-reactive ketones (excluding diaryl/α,β-unsaturated/α-hetero) is 1. The van der Waals surface area contributed by atoms with E-state index in [0.717, 1.165) is 29.0 Å². The average molecular weight is 488 g/mol. The van der Waals surface area contributed by atoms with Crippen molar-refractivity contribution >= 4 is 38.4 Å². The zero-order valence-corrected chi connectivity index (χ0v) is 20.1. The summed E-state index contributed by atoms with van der Waals surface area (Å²) >= 11 is 0. The van der Waals surface area contributed by atoms with Crippen molar-refractivity contribution in [1.82, 2.24) is 0 Å². The number of hydrogen-bond acceptors (Lipinski definition) is 6. The number of sulfonamides is 1. The maximum Gasteiger partial charge on any atom is 0.326 e. The van der Waals surface area contributed by atoms with Crippen LogP contribution in [0.4, 0.5) is 10.1 Å². The maximum absolute atomic E-state index is 13.5. The first-order valence-electron chi connectivity index (χ1n) is 11.2. The lowest BCUT2D eigenvalue weighted by atomic mass is 9.97. The second kappa shape index (κ2) is 9.21. The molecule has 3 aromatic rings. The van der Waals surface area contributed by atoms with Crippen LogP contribution >= 0.6 is 0 Å². The maximum atomic E-state index is 13.5. The van der Waals surface area contributed by atoms with Crippen LogP contribution in [-0.2, 0) is 19.6 Å². The number of halogens is 1. The summed E-state index contributed by atoms with van der Waals surface area (Å²) in [5.74, 6) is -0.803. The van der Waals surface area contributed by atoms with Gasteiger partial charge in [-0.2, -0.15) is 0 Å². The van der Waals surface area contributed by atoms with Gasteiger partial charge in [0, 0.05) is 23.4 Å². The standard InChI is InChI=1S/C25H26FNO6S/c1-4-21(28)24-19-12-18(15-6-7-15)20(27(34(3,30)31)14-23(29)32-5-2)13-22(19)33-25(24)16-8-10-17(26)11-9-16/h8-13,15H,4-7,14H2,1-3H3. The number of ketones is 1. The van der Waals surface area contributed by atoms with Crippen LogP contribution in [0.2, 0.25) is 0 Å². The molecule has 0 N–H and O–H groups in total. The molecule has 0 aliphatic heterocycles. The lowest BCUT2D eigenvalue weighted by molar-refractivity contribution is -0.141. The molecular formula is C25H26FNO6S. The zero-order valence-electron chi connectivity index (χ0n) is 19.3. The third kappa shape index (κ3) is 4.70. The number of hydrogen-bond donors (Lipinski definition) is 0. The molecule has 0 amide bonds. The molecule has 1 fully saturated rings. The van der Waals surface area contributed by atoms with E-state index in [-0.39, 0.29) is 24.7 Å². The molecule has 4 rings (SSSR count). The fourth-order valence-electron chi connectivity index (χ4n) is 4.05. The first-order valence-corrected chi connectivity index (χ1v) is 13.0. The van der Waals surface area contributed by atoms with Gasteiger partial charge in [0.15, 0.2) is 5.78 Å². The Bertz CT molecular complexity index is 1360. The number of fused-ring (bicyclic) bond motifs is 1. The molecule has 1 aromatic heterocycles. The number of carbonyl (C=O) groups excluding carboxylic acids is 2. The Morgan fingerprint density at radius 1 is 1.15 bits per heavy atom. The fraction of sp³-hybridized carbons (Fsp3) is 0.360. The minimum atomic E-state index is -3.83. The normalized spacial score (nSPS) is 13.8.